The molecule has 0 spiro atoms. The lowest BCUT2D eigenvalue weighted by atomic mass is 10.1. The van der Waals surface area contributed by atoms with E-state index in [2.05, 4.69) is 0 Å². The monoisotopic (exact) mass is 454 g/mol. The molecule has 0 aliphatic carbocycles. The van der Waals surface area contributed by atoms with Crippen molar-refractivity contribution >= 4 is 21.9 Å². The molecular weight excluding hydrogens is 420 g/mol. The molecule has 9 heteroatoms. The Morgan fingerprint density at radius 2 is 1.68 bits per heavy atom. The summed E-state index contributed by atoms with van der Waals surface area (Å²) < 4.78 is 37.8. The number of ether oxygens (including phenoxy) is 2. The molecule has 1 aliphatic heterocycles. The number of benzene rings is 1. The Balaban J connectivity index is 2.12. The zero-order chi connectivity index (χ0) is 23.2. The molecule has 1 amide bonds. The molecular formula is C22H34N2O6S. The van der Waals surface area contributed by atoms with Gasteiger partial charge in [-0.3, -0.25) is 4.79 Å². The van der Waals surface area contributed by atoms with Crippen molar-refractivity contribution in [2.24, 2.45) is 11.8 Å². The van der Waals surface area contributed by atoms with Crippen molar-refractivity contribution in [3.05, 3.63) is 29.3 Å². The molecule has 1 aromatic rings. The Hall–Kier alpha value is -1.97. The first-order valence-electron chi connectivity index (χ1n) is 10.7. The van der Waals surface area contributed by atoms with E-state index in [1.807, 2.05) is 27.7 Å². The van der Waals surface area contributed by atoms with Crippen LogP contribution >= 0.6 is 0 Å². The summed E-state index contributed by atoms with van der Waals surface area (Å²) in [5.74, 6) is -0.392. The Bertz CT molecular complexity index is 866. The van der Waals surface area contributed by atoms with E-state index < -0.39 is 16.0 Å². The van der Waals surface area contributed by atoms with Crippen LogP contribution in [0.1, 0.15) is 43.6 Å². The van der Waals surface area contributed by atoms with Crippen molar-refractivity contribution in [1.82, 2.24) is 9.21 Å². The quantitative estimate of drug-likeness (QED) is 0.532. The van der Waals surface area contributed by atoms with Gasteiger partial charge in [0.05, 0.1) is 23.7 Å². The van der Waals surface area contributed by atoms with Gasteiger partial charge >= 0.3 is 5.97 Å². The fraction of sp³-hybridized carbons (Fsp3) is 0.636. The number of rotatable bonds is 9. The molecule has 2 rings (SSSR count). The average molecular weight is 455 g/mol. The molecule has 1 saturated heterocycles. The van der Waals surface area contributed by atoms with Crippen LogP contribution in [0.4, 0.5) is 0 Å². The zero-order valence-electron chi connectivity index (χ0n) is 19.1. The average Bonchev–Trinajstić information content (AvgIpc) is 2.71. The molecule has 0 atom stereocenters. The van der Waals surface area contributed by atoms with E-state index in [1.165, 1.54) is 16.4 Å². The van der Waals surface area contributed by atoms with Crippen molar-refractivity contribution in [2.45, 2.75) is 39.5 Å². The molecule has 31 heavy (non-hydrogen) atoms. The van der Waals surface area contributed by atoms with Crippen LogP contribution < -0.4 is 0 Å². The summed E-state index contributed by atoms with van der Waals surface area (Å²) in [6.45, 7) is 11.8. The van der Waals surface area contributed by atoms with Crippen LogP contribution in [0.2, 0.25) is 0 Å². The van der Waals surface area contributed by atoms with Crippen molar-refractivity contribution in [3.63, 3.8) is 0 Å². The van der Waals surface area contributed by atoms with Gasteiger partial charge in [0, 0.05) is 26.2 Å². The fourth-order valence-electron chi connectivity index (χ4n) is 3.39. The van der Waals surface area contributed by atoms with Crippen LogP contribution in [0.3, 0.4) is 0 Å². The fourth-order valence-corrected chi connectivity index (χ4v) is 5.05. The third-order valence-electron chi connectivity index (χ3n) is 4.86. The first kappa shape index (κ1) is 25.3. The van der Waals surface area contributed by atoms with Gasteiger partial charge in [0.15, 0.2) is 6.61 Å². The molecule has 0 aromatic heterocycles. The zero-order valence-corrected chi connectivity index (χ0v) is 19.9. The Morgan fingerprint density at radius 1 is 1.10 bits per heavy atom. The minimum atomic E-state index is -3.75. The number of esters is 1. The lowest BCUT2D eigenvalue weighted by molar-refractivity contribution is -0.135. The van der Waals surface area contributed by atoms with E-state index in [-0.39, 0.29) is 36.1 Å². The predicted molar refractivity (Wildman–Crippen MR) is 117 cm³/mol. The van der Waals surface area contributed by atoms with Crippen LogP contribution in [0.5, 0.6) is 0 Å². The van der Waals surface area contributed by atoms with E-state index in [9.17, 15) is 18.0 Å². The second-order valence-electron chi connectivity index (χ2n) is 8.66. The number of amides is 1. The minimum Gasteiger partial charge on any atom is -0.452 e. The first-order valence-corrected chi connectivity index (χ1v) is 12.1. The van der Waals surface area contributed by atoms with Gasteiger partial charge in [-0.05, 0) is 36.5 Å². The van der Waals surface area contributed by atoms with Crippen LogP contribution in [0.15, 0.2) is 23.1 Å². The molecule has 0 radical (unpaired) electrons. The molecule has 1 heterocycles. The van der Waals surface area contributed by atoms with Crippen LogP contribution in [0, 0.1) is 18.8 Å². The lowest BCUT2D eigenvalue weighted by Gasteiger charge is -2.27. The molecule has 0 N–H and O–H groups in total. The summed E-state index contributed by atoms with van der Waals surface area (Å²) in [5.41, 5.74) is 0.642. The third kappa shape index (κ3) is 7.02. The largest absolute Gasteiger partial charge is 0.452 e. The van der Waals surface area contributed by atoms with Gasteiger partial charge in [0.2, 0.25) is 10.0 Å². The van der Waals surface area contributed by atoms with Crippen molar-refractivity contribution in [3.8, 4) is 0 Å². The maximum atomic E-state index is 13.0. The van der Waals surface area contributed by atoms with Crippen LogP contribution in [-0.4, -0.2) is 75.5 Å². The molecule has 1 aliphatic rings. The molecule has 1 aromatic carbocycles. The number of hydrogen-bond donors (Lipinski definition) is 0. The highest BCUT2D eigenvalue weighted by molar-refractivity contribution is 7.89. The molecule has 1 fully saturated rings. The van der Waals surface area contributed by atoms with Gasteiger partial charge in [-0.2, -0.15) is 4.31 Å². The second-order valence-corrected chi connectivity index (χ2v) is 10.6. The number of carbonyl (C=O) groups is 2. The topological polar surface area (TPSA) is 93.2 Å². The summed E-state index contributed by atoms with van der Waals surface area (Å²) in [6.07, 6.45) is 0. The first-order chi connectivity index (χ1) is 14.5. The van der Waals surface area contributed by atoms with E-state index in [4.69, 9.17) is 9.47 Å². The van der Waals surface area contributed by atoms with Crippen LogP contribution in [-0.2, 0) is 24.3 Å². The maximum absolute atomic E-state index is 13.0. The summed E-state index contributed by atoms with van der Waals surface area (Å²) >= 11 is 0. The number of hydrogen-bond acceptors (Lipinski definition) is 6. The summed E-state index contributed by atoms with van der Waals surface area (Å²) in [7, 11) is -3.75. The molecule has 0 bridgehead atoms. The Labute approximate surface area is 185 Å². The van der Waals surface area contributed by atoms with E-state index in [1.54, 1.807) is 17.9 Å². The minimum absolute atomic E-state index is 0.0661. The van der Waals surface area contributed by atoms with Gasteiger partial charge in [-0.25, -0.2) is 13.2 Å². The van der Waals surface area contributed by atoms with E-state index >= 15 is 0 Å². The number of sulfonamides is 1. The van der Waals surface area contributed by atoms with Gasteiger partial charge < -0.3 is 14.4 Å². The van der Waals surface area contributed by atoms with Crippen molar-refractivity contribution in [2.75, 3.05) is 46.0 Å². The molecule has 174 valence electrons. The molecule has 0 unspecified atom stereocenters. The van der Waals surface area contributed by atoms with Crippen molar-refractivity contribution in [1.29, 1.82) is 0 Å². The second kappa shape index (κ2) is 11.1. The van der Waals surface area contributed by atoms with Gasteiger partial charge in [0.1, 0.15) is 0 Å². The normalized spacial score (nSPS) is 15.3. The van der Waals surface area contributed by atoms with Crippen molar-refractivity contribution < 1.29 is 27.5 Å². The number of nitrogens with zero attached hydrogens (tertiary/aromatic N) is 2. The van der Waals surface area contributed by atoms with Gasteiger partial charge in [-0.1, -0.05) is 33.8 Å². The standard InChI is InChI=1S/C22H34N2O6S/c1-16(2)13-23(14-17(3)4)21(25)15-30-22(26)19-7-6-18(5)20(12-19)31(27,28)24-8-10-29-11-9-24/h6-7,12,16-17H,8-11,13-15H2,1-5H3. The third-order valence-corrected chi connectivity index (χ3v) is 6.90. The number of aryl methyl sites for hydroxylation is 1. The van der Waals surface area contributed by atoms with E-state index in [0.29, 0.717) is 43.7 Å². The summed E-state index contributed by atoms with van der Waals surface area (Å²) in [4.78, 5) is 26.9. The summed E-state index contributed by atoms with van der Waals surface area (Å²) in [5, 5.41) is 0. The smallest absolute Gasteiger partial charge is 0.338 e. The Morgan fingerprint density at radius 3 is 2.23 bits per heavy atom. The molecule has 0 saturated carbocycles. The van der Waals surface area contributed by atoms with Crippen LogP contribution in [0.25, 0.3) is 0 Å². The highest BCUT2D eigenvalue weighted by atomic mass is 32.2. The van der Waals surface area contributed by atoms with Gasteiger partial charge in [0.25, 0.3) is 5.91 Å². The predicted octanol–water partition coefficient (Wildman–Crippen LogP) is 2.31. The highest BCUT2D eigenvalue weighted by Gasteiger charge is 2.29. The lowest BCUT2D eigenvalue weighted by Crippen LogP contribution is -2.41. The maximum Gasteiger partial charge on any atom is 0.338 e. The SMILES string of the molecule is Cc1ccc(C(=O)OCC(=O)N(CC(C)C)CC(C)C)cc1S(=O)(=O)N1CCOCC1. The van der Waals surface area contributed by atoms with Gasteiger partial charge in [-0.15, -0.1) is 0 Å². The number of carbonyl (C=O) groups excluding carboxylic acids is 2. The summed E-state index contributed by atoms with van der Waals surface area (Å²) in [6, 6.07) is 4.42. The number of morpholine rings is 1. The van der Waals surface area contributed by atoms with E-state index in [0.717, 1.165) is 0 Å². The molecule has 8 nitrogen and oxygen atoms in total. The highest BCUT2D eigenvalue weighted by Crippen LogP contribution is 2.22. The Kier molecular flexibility index (Phi) is 9.02.